The summed E-state index contributed by atoms with van der Waals surface area (Å²) in [6, 6.07) is 4.89. The van der Waals surface area contributed by atoms with E-state index in [1.54, 1.807) is 0 Å². The van der Waals surface area contributed by atoms with Crippen molar-refractivity contribution in [3.05, 3.63) is 22.4 Å². The third-order valence-corrected chi connectivity index (χ3v) is 6.34. The van der Waals surface area contributed by atoms with E-state index in [2.05, 4.69) is 45.0 Å². The van der Waals surface area contributed by atoms with E-state index in [4.69, 9.17) is 4.74 Å². The molecular weight excluding hydrogens is 344 g/mol. The molecule has 0 saturated carbocycles. The fourth-order valence-electron chi connectivity index (χ4n) is 3.86. The summed E-state index contributed by atoms with van der Waals surface area (Å²) in [5.41, 5.74) is 0. The van der Waals surface area contributed by atoms with E-state index in [1.165, 1.54) is 43.8 Å². The summed E-state index contributed by atoms with van der Waals surface area (Å²) in [5, 5.41) is 9.29. The Balaban J connectivity index is 1.33. The number of hydrogen-bond acceptors (Lipinski definition) is 4. The van der Waals surface area contributed by atoms with E-state index in [9.17, 15) is 0 Å². The zero-order valence-electron chi connectivity index (χ0n) is 16.2. The van der Waals surface area contributed by atoms with E-state index in [1.807, 2.05) is 18.4 Å². The molecule has 2 unspecified atom stereocenters. The lowest BCUT2D eigenvalue weighted by atomic mass is 10.0. The van der Waals surface area contributed by atoms with Gasteiger partial charge >= 0.3 is 0 Å². The third kappa shape index (κ3) is 6.25. The number of hydrogen-bond donors (Lipinski definition) is 2. The normalized spacial score (nSPS) is 23.9. The van der Waals surface area contributed by atoms with Crippen molar-refractivity contribution in [2.75, 3.05) is 46.4 Å². The standard InChI is InChI=1S/C20H34N4OS/c1-16(12-19-4-3-11-26-19)13-22-20(21-2)23-18-5-8-24(9-6-18)14-17-7-10-25-15-17/h3-4,11,16-18H,5-10,12-15H2,1-2H3,(H2,21,22,23). The first-order chi connectivity index (χ1) is 12.7. The molecule has 2 atom stereocenters. The highest BCUT2D eigenvalue weighted by Crippen LogP contribution is 2.18. The van der Waals surface area contributed by atoms with E-state index < -0.39 is 0 Å². The van der Waals surface area contributed by atoms with Crippen LogP contribution in [0, 0.1) is 11.8 Å². The van der Waals surface area contributed by atoms with Crippen LogP contribution in [0.2, 0.25) is 0 Å². The third-order valence-electron chi connectivity index (χ3n) is 5.44. The minimum absolute atomic E-state index is 0.532. The summed E-state index contributed by atoms with van der Waals surface area (Å²) >= 11 is 1.84. The van der Waals surface area contributed by atoms with Crippen molar-refractivity contribution in [3.63, 3.8) is 0 Å². The maximum absolute atomic E-state index is 5.50. The van der Waals surface area contributed by atoms with Crippen LogP contribution in [-0.2, 0) is 11.2 Å². The maximum atomic E-state index is 5.50. The van der Waals surface area contributed by atoms with Gasteiger partial charge in [0, 0.05) is 50.8 Å². The summed E-state index contributed by atoms with van der Waals surface area (Å²) in [7, 11) is 1.87. The lowest BCUT2D eigenvalue weighted by Crippen LogP contribution is -2.49. The predicted octanol–water partition coefficient (Wildman–Crippen LogP) is 2.59. The van der Waals surface area contributed by atoms with Crippen LogP contribution in [0.25, 0.3) is 0 Å². The van der Waals surface area contributed by atoms with Crippen molar-refractivity contribution in [1.82, 2.24) is 15.5 Å². The number of nitrogens with one attached hydrogen (secondary N) is 2. The minimum atomic E-state index is 0.532. The van der Waals surface area contributed by atoms with Crippen molar-refractivity contribution in [2.45, 2.75) is 38.6 Å². The highest BCUT2D eigenvalue weighted by atomic mass is 32.1. The van der Waals surface area contributed by atoms with Crippen LogP contribution in [0.5, 0.6) is 0 Å². The topological polar surface area (TPSA) is 48.9 Å². The van der Waals surface area contributed by atoms with Crippen LogP contribution in [0.15, 0.2) is 22.5 Å². The van der Waals surface area contributed by atoms with Gasteiger partial charge in [-0.05, 0) is 49.0 Å². The molecule has 1 aromatic heterocycles. The molecule has 26 heavy (non-hydrogen) atoms. The molecule has 2 fully saturated rings. The molecule has 2 aliphatic heterocycles. The molecule has 3 rings (SSSR count). The molecule has 2 N–H and O–H groups in total. The van der Waals surface area contributed by atoms with Crippen LogP contribution < -0.4 is 10.6 Å². The SMILES string of the molecule is CN=C(NCC(C)Cc1cccs1)NC1CCN(CC2CCOC2)CC1. The van der Waals surface area contributed by atoms with Crippen LogP contribution in [-0.4, -0.2) is 63.3 Å². The maximum Gasteiger partial charge on any atom is 0.191 e. The van der Waals surface area contributed by atoms with Gasteiger partial charge in [-0.1, -0.05) is 13.0 Å². The Morgan fingerprint density at radius 2 is 2.23 bits per heavy atom. The van der Waals surface area contributed by atoms with Crippen molar-refractivity contribution in [2.24, 2.45) is 16.8 Å². The van der Waals surface area contributed by atoms with Crippen LogP contribution in [0.1, 0.15) is 31.1 Å². The lowest BCUT2D eigenvalue weighted by Gasteiger charge is -2.34. The Hall–Kier alpha value is -1.11. The van der Waals surface area contributed by atoms with Crippen molar-refractivity contribution >= 4 is 17.3 Å². The summed E-state index contributed by atoms with van der Waals surface area (Å²) in [6.07, 6.45) is 4.75. The average Bonchev–Trinajstić information content (AvgIpc) is 3.34. The van der Waals surface area contributed by atoms with Crippen molar-refractivity contribution in [3.8, 4) is 0 Å². The highest BCUT2D eigenvalue weighted by Gasteiger charge is 2.24. The van der Waals surface area contributed by atoms with Gasteiger partial charge in [-0.3, -0.25) is 4.99 Å². The number of guanidine groups is 1. The second-order valence-electron chi connectivity index (χ2n) is 7.79. The van der Waals surface area contributed by atoms with Crippen molar-refractivity contribution < 1.29 is 4.74 Å². The predicted molar refractivity (Wildman–Crippen MR) is 110 cm³/mol. The van der Waals surface area contributed by atoms with Gasteiger partial charge in [-0.15, -0.1) is 11.3 Å². The first-order valence-corrected chi connectivity index (χ1v) is 10.9. The smallest absolute Gasteiger partial charge is 0.191 e. The zero-order chi connectivity index (χ0) is 18.2. The van der Waals surface area contributed by atoms with E-state index in [0.29, 0.717) is 12.0 Å². The molecule has 0 bridgehead atoms. The number of ether oxygens (including phenoxy) is 1. The molecule has 3 heterocycles. The lowest BCUT2D eigenvalue weighted by molar-refractivity contribution is 0.150. The Bertz CT molecular complexity index is 534. The fraction of sp³-hybridized carbons (Fsp3) is 0.750. The van der Waals surface area contributed by atoms with Crippen molar-refractivity contribution in [1.29, 1.82) is 0 Å². The van der Waals surface area contributed by atoms with Gasteiger partial charge < -0.3 is 20.3 Å². The quantitative estimate of drug-likeness (QED) is 0.566. The molecule has 0 spiro atoms. The molecule has 5 nitrogen and oxygen atoms in total. The number of piperidine rings is 1. The summed E-state index contributed by atoms with van der Waals surface area (Å²) in [5.74, 6) is 2.30. The first kappa shape index (κ1) is 19.6. The van der Waals surface area contributed by atoms with Gasteiger partial charge in [0.1, 0.15) is 0 Å². The highest BCUT2D eigenvalue weighted by molar-refractivity contribution is 7.09. The van der Waals surface area contributed by atoms with E-state index >= 15 is 0 Å². The van der Waals surface area contributed by atoms with Crippen LogP contribution in [0.4, 0.5) is 0 Å². The Morgan fingerprint density at radius 3 is 2.88 bits per heavy atom. The molecule has 146 valence electrons. The van der Waals surface area contributed by atoms with Gasteiger partial charge in [0.25, 0.3) is 0 Å². The molecule has 0 aliphatic carbocycles. The summed E-state index contributed by atoms with van der Waals surface area (Å²) in [4.78, 5) is 8.49. The zero-order valence-corrected chi connectivity index (χ0v) is 17.1. The Labute approximate surface area is 162 Å². The Kier molecular flexibility index (Phi) is 7.77. The van der Waals surface area contributed by atoms with Gasteiger partial charge in [-0.25, -0.2) is 0 Å². The fourth-order valence-corrected chi connectivity index (χ4v) is 4.73. The molecule has 0 amide bonds. The minimum Gasteiger partial charge on any atom is -0.381 e. The number of thiophene rings is 1. The second-order valence-corrected chi connectivity index (χ2v) is 8.82. The van der Waals surface area contributed by atoms with Crippen LogP contribution in [0.3, 0.4) is 0 Å². The van der Waals surface area contributed by atoms with Gasteiger partial charge in [0.2, 0.25) is 0 Å². The first-order valence-electron chi connectivity index (χ1n) is 10.0. The molecular formula is C20H34N4OS. The van der Waals surface area contributed by atoms with Gasteiger partial charge in [0.15, 0.2) is 5.96 Å². The molecule has 0 aromatic carbocycles. The van der Waals surface area contributed by atoms with E-state index in [-0.39, 0.29) is 0 Å². The molecule has 1 aromatic rings. The molecule has 6 heteroatoms. The largest absolute Gasteiger partial charge is 0.381 e. The van der Waals surface area contributed by atoms with Gasteiger partial charge in [-0.2, -0.15) is 0 Å². The van der Waals surface area contributed by atoms with Crippen LogP contribution >= 0.6 is 11.3 Å². The average molecular weight is 379 g/mol. The second kappa shape index (κ2) is 10.3. The number of likely N-dealkylation sites (tertiary alicyclic amines) is 1. The Morgan fingerprint density at radius 1 is 1.38 bits per heavy atom. The number of rotatable bonds is 7. The number of aliphatic imine (C=N–C) groups is 1. The molecule has 2 aliphatic rings. The molecule has 0 radical (unpaired) electrons. The van der Waals surface area contributed by atoms with E-state index in [0.717, 1.165) is 38.1 Å². The monoisotopic (exact) mass is 378 g/mol. The summed E-state index contributed by atoms with van der Waals surface area (Å²) < 4.78 is 5.50. The van der Waals surface area contributed by atoms with Gasteiger partial charge in [0.05, 0.1) is 6.61 Å². The number of nitrogens with zero attached hydrogens (tertiary/aromatic N) is 2. The molecule has 2 saturated heterocycles. The summed E-state index contributed by atoms with van der Waals surface area (Å²) in [6.45, 7) is 8.73.